The number of aryl methyl sites for hydroxylation is 1. The Labute approximate surface area is 103 Å². The summed E-state index contributed by atoms with van der Waals surface area (Å²) in [4.78, 5) is 2.49. The van der Waals surface area contributed by atoms with Crippen LogP contribution in [-0.2, 0) is 0 Å². The van der Waals surface area contributed by atoms with Crippen molar-refractivity contribution in [2.75, 3.05) is 26.2 Å². The van der Waals surface area contributed by atoms with Crippen LogP contribution < -0.4 is 5.32 Å². The molecule has 0 bridgehead atoms. The summed E-state index contributed by atoms with van der Waals surface area (Å²) in [5, 5.41) is 3.38. The fourth-order valence-corrected chi connectivity index (χ4v) is 2.37. The lowest BCUT2D eigenvalue weighted by Crippen LogP contribution is -2.45. The zero-order chi connectivity index (χ0) is 12.3. The lowest BCUT2D eigenvalue weighted by atomic mass is 10.0. The van der Waals surface area contributed by atoms with Gasteiger partial charge in [0.25, 0.3) is 0 Å². The van der Waals surface area contributed by atoms with Crippen LogP contribution in [0.4, 0.5) is 0 Å². The summed E-state index contributed by atoms with van der Waals surface area (Å²) >= 11 is 0. The van der Waals surface area contributed by atoms with Gasteiger partial charge in [-0.2, -0.15) is 0 Å². The molecular weight excluding hydrogens is 212 g/mol. The highest BCUT2D eigenvalue weighted by atomic mass is 16.3. The summed E-state index contributed by atoms with van der Waals surface area (Å²) in [6.45, 7) is 12.4. The lowest BCUT2D eigenvalue weighted by Gasteiger charge is -2.34. The smallest absolute Gasteiger partial charge is 0.121 e. The molecule has 0 saturated carbocycles. The third-order valence-electron chi connectivity index (χ3n) is 3.22. The van der Waals surface area contributed by atoms with Gasteiger partial charge in [-0.05, 0) is 32.4 Å². The number of nitrogens with one attached hydrogen (secondary N) is 1. The summed E-state index contributed by atoms with van der Waals surface area (Å²) in [5.74, 6) is 2.06. The van der Waals surface area contributed by atoms with Crippen molar-refractivity contribution in [1.82, 2.24) is 10.2 Å². The average Bonchev–Trinajstić information content (AvgIpc) is 2.73. The van der Waals surface area contributed by atoms with Crippen molar-refractivity contribution < 1.29 is 4.42 Å². The molecule has 1 aromatic heterocycles. The van der Waals surface area contributed by atoms with E-state index in [2.05, 4.69) is 29.8 Å². The Morgan fingerprint density at radius 1 is 1.47 bits per heavy atom. The molecule has 94 valence electrons. The first-order valence-corrected chi connectivity index (χ1v) is 6.32. The molecule has 17 heavy (non-hydrogen) atoms. The fraction of sp³-hybridized carbons (Fsp3) is 0.571. The number of hydrogen-bond acceptors (Lipinski definition) is 3. The minimum Gasteiger partial charge on any atom is -0.465 e. The maximum atomic E-state index is 5.80. The molecule has 0 spiro atoms. The van der Waals surface area contributed by atoms with Crippen LogP contribution in [0.3, 0.4) is 0 Å². The van der Waals surface area contributed by atoms with Crippen LogP contribution in [0, 0.1) is 6.92 Å². The van der Waals surface area contributed by atoms with E-state index >= 15 is 0 Å². The Balaban J connectivity index is 2.14. The summed E-state index contributed by atoms with van der Waals surface area (Å²) in [5.41, 5.74) is 1.21. The Bertz CT molecular complexity index is 377. The third kappa shape index (κ3) is 3.20. The van der Waals surface area contributed by atoms with Crippen LogP contribution in [0.1, 0.15) is 30.9 Å². The van der Waals surface area contributed by atoms with Gasteiger partial charge in [-0.3, -0.25) is 4.90 Å². The highest BCUT2D eigenvalue weighted by Gasteiger charge is 2.24. The quantitative estimate of drug-likeness (QED) is 0.811. The van der Waals surface area contributed by atoms with E-state index < -0.39 is 0 Å². The molecule has 3 nitrogen and oxygen atoms in total. The minimum absolute atomic E-state index is 0.350. The van der Waals surface area contributed by atoms with E-state index in [1.165, 1.54) is 5.57 Å². The van der Waals surface area contributed by atoms with Crippen molar-refractivity contribution >= 4 is 0 Å². The van der Waals surface area contributed by atoms with Gasteiger partial charge in [0.15, 0.2) is 0 Å². The average molecular weight is 234 g/mol. The lowest BCUT2D eigenvalue weighted by molar-refractivity contribution is 0.152. The molecular formula is C14H22N2O. The molecule has 1 aliphatic heterocycles. The van der Waals surface area contributed by atoms with E-state index in [4.69, 9.17) is 4.42 Å². The molecule has 1 N–H and O–H groups in total. The van der Waals surface area contributed by atoms with Crippen LogP contribution in [-0.4, -0.2) is 31.1 Å². The first-order valence-electron chi connectivity index (χ1n) is 6.32. The highest BCUT2D eigenvalue weighted by molar-refractivity contribution is 5.13. The second kappa shape index (κ2) is 5.52. The van der Waals surface area contributed by atoms with E-state index in [1.54, 1.807) is 0 Å². The van der Waals surface area contributed by atoms with Gasteiger partial charge in [0, 0.05) is 26.2 Å². The summed E-state index contributed by atoms with van der Waals surface area (Å²) in [6, 6.07) is 4.50. The van der Waals surface area contributed by atoms with Crippen molar-refractivity contribution in [2.45, 2.75) is 26.3 Å². The molecule has 2 heterocycles. The Kier molecular flexibility index (Phi) is 4.02. The van der Waals surface area contributed by atoms with E-state index in [1.807, 2.05) is 13.0 Å². The molecule has 1 aromatic rings. The maximum absolute atomic E-state index is 5.80. The fourth-order valence-electron chi connectivity index (χ4n) is 2.37. The van der Waals surface area contributed by atoms with Crippen LogP contribution in [0.2, 0.25) is 0 Å². The van der Waals surface area contributed by atoms with Gasteiger partial charge in [-0.1, -0.05) is 5.57 Å². The second-order valence-corrected chi connectivity index (χ2v) is 4.91. The van der Waals surface area contributed by atoms with Gasteiger partial charge in [0.1, 0.15) is 11.5 Å². The predicted molar refractivity (Wildman–Crippen MR) is 70.1 cm³/mol. The van der Waals surface area contributed by atoms with E-state index in [9.17, 15) is 0 Å². The molecule has 0 radical (unpaired) electrons. The van der Waals surface area contributed by atoms with Crippen molar-refractivity contribution in [1.29, 1.82) is 0 Å². The number of piperazine rings is 1. The van der Waals surface area contributed by atoms with E-state index in [0.29, 0.717) is 6.04 Å². The molecule has 2 rings (SSSR count). The number of rotatable bonds is 4. The van der Waals surface area contributed by atoms with Gasteiger partial charge in [0.2, 0.25) is 0 Å². The standard InChI is InChI=1S/C14H22N2O/c1-11(2)10-13(14-5-4-12(3)17-14)16-8-6-15-7-9-16/h4-5,13,15H,1,6-10H2,2-3H3/t13-/m1/s1. The zero-order valence-corrected chi connectivity index (χ0v) is 10.8. The maximum Gasteiger partial charge on any atom is 0.121 e. The van der Waals surface area contributed by atoms with Crippen LogP contribution in [0.15, 0.2) is 28.7 Å². The van der Waals surface area contributed by atoms with Crippen molar-refractivity contribution in [2.24, 2.45) is 0 Å². The topological polar surface area (TPSA) is 28.4 Å². The van der Waals surface area contributed by atoms with Gasteiger partial charge >= 0.3 is 0 Å². The number of furan rings is 1. The number of hydrogen-bond donors (Lipinski definition) is 1. The molecule has 0 unspecified atom stereocenters. The molecule has 0 aromatic carbocycles. The molecule has 0 aliphatic carbocycles. The Hall–Kier alpha value is -1.06. The number of nitrogens with zero attached hydrogens (tertiary/aromatic N) is 1. The van der Waals surface area contributed by atoms with Crippen molar-refractivity contribution in [3.05, 3.63) is 35.8 Å². The molecule has 1 atom stereocenters. The van der Waals surface area contributed by atoms with Crippen molar-refractivity contribution in [3.8, 4) is 0 Å². The Morgan fingerprint density at radius 3 is 2.71 bits per heavy atom. The normalized spacial score (nSPS) is 19.2. The molecule has 0 amide bonds. The largest absolute Gasteiger partial charge is 0.465 e. The zero-order valence-electron chi connectivity index (χ0n) is 10.8. The van der Waals surface area contributed by atoms with Gasteiger partial charge < -0.3 is 9.73 Å². The third-order valence-corrected chi connectivity index (χ3v) is 3.22. The van der Waals surface area contributed by atoms with Gasteiger partial charge in [-0.25, -0.2) is 0 Å². The van der Waals surface area contributed by atoms with Crippen LogP contribution >= 0.6 is 0 Å². The van der Waals surface area contributed by atoms with Crippen LogP contribution in [0.5, 0.6) is 0 Å². The van der Waals surface area contributed by atoms with E-state index in [0.717, 1.165) is 44.1 Å². The summed E-state index contributed by atoms with van der Waals surface area (Å²) < 4.78 is 5.80. The van der Waals surface area contributed by atoms with Gasteiger partial charge in [-0.15, -0.1) is 6.58 Å². The summed E-state index contributed by atoms with van der Waals surface area (Å²) in [7, 11) is 0. The molecule has 1 saturated heterocycles. The first-order chi connectivity index (χ1) is 8.16. The predicted octanol–water partition coefficient (Wildman–Crippen LogP) is 2.50. The Morgan fingerprint density at radius 2 is 2.18 bits per heavy atom. The first kappa shape index (κ1) is 12.4. The molecule has 1 fully saturated rings. The highest BCUT2D eigenvalue weighted by Crippen LogP contribution is 2.28. The minimum atomic E-state index is 0.350. The van der Waals surface area contributed by atoms with Gasteiger partial charge in [0.05, 0.1) is 6.04 Å². The molecule has 1 aliphatic rings. The van der Waals surface area contributed by atoms with Crippen molar-refractivity contribution in [3.63, 3.8) is 0 Å². The summed E-state index contributed by atoms with van der Waals surface area (Å²) in [6.07, 6.45) is 0.979. The SMILES string of the molecule is C=C(C)C[C@H](c1ccc(C)o1)N1CCNCC1. The van der Waals surface area contributed by atoms with E-state index in [-0.39, 0.29) is 0 Å². The second-order valence-electron chi connectivity index (χ2n) is 4.91. The van der Waals surface area contributed by atoms with Crippen LogP contribution in [0.25, 0.3) is 0 Å². The monoisotopic (exact) mass is 234 g/mol. The molecule has 3 heteroatoms.